The zero-order chi connectivity index (χ0) is 20.7. The number of ether oxygens (including phenoxy) is 2. The van der Waals surface area contributed by atoms with Gasteiger partial charge in [0.1, 0.15) is 12.1 Å². The molecular formula is C19H32N2O6. The summed E-state index contributed by atoms with van der Waals surface area (Å²) in [7, 11) is 2.54. The fraction of sp³-hybridized carbons (Fsp3) is 0.789. The van der Waals surface area contributed by atoms with Crippen LogP contribution in [0, 0.1) is 23.7 Å². The van der Waals surface area contributed by atoms with Crippen molar-refractivity contribution in [3.63, 3.8) is 0 Å². The van der Waals surface area contributed by atoms with Crippen molar-refractivity contribution in [2.24, 2.45) is 23.7 Å². The SMILES string of the molecule is COC(=O)[C@@H](NC(=O)[C@@H]1CCC[C@H]1C(=O)N[C@H](C(=O)OC)C(C)C)C(C)C. The first-order chi connectivity index (χ1) is 12.6. The van der Waals surface area contributed by atoms with Gasteiger partial charge in [-0.05, 0) is 24.7 Å². The summed E-state index contributed by atoms with van der Waals surface area (Å²) in [4.78, 5) is 49.2. The maximum Gasteiger partial charge on any atom is 0.328 e. The van der Waals surface area contributed by atoms with Crippen molar-refractivity contribution in [3.05, 3.63) is 0 Å². The fourth-order valence-corrected chi connectivity index (χ4v) is 3.36. The van der Waals surface area contributed by atoms with Crippen molar-refractivity contribution in [1.29, 1.82) is 0 Å². The molecule has 1 aliphatic rings. The molecule has 4 atom stereocenters. The zero-order valence-corrected chi connectivity index (χ0v) is 17.0. The van der Waals surface area contributed by atoms with E-state index in [2.05, 4.69) is 10.6 Å². The number of hydrogen-bond donors (Lipinski definition) is 2. The summed E-state index contributed by atoms with van der Waals surface area (Å²) in [5.41, 5.74) is 0. The van der Waals surface area contributed by atoms with Gasteiger partial charge in [-0.2, -0.15) is 0 Å². The van der Waals surface area contributed by atoms with Crippen LogP contribution in [0.2, 0.25) is 0 Å². The molecule has 1 saturated carbocycles. The Morgan fingerprint density at radius 3 is 1.33 bits per heavy atom. The van der Waals surface area contributed by atoms with E-state index in [0.29, 0.717) is 12.8 Å². The minimum atomic E-state index is -0.759. The van der Waals surface area contributed by atoms with Crippen LogP contribution < -0.4 is 10.6 Å². The number of carbonyl (C=O) groups is 4. The maximum absolute atomic E-state index is 12.7. The predicted octanol–water partition coefficient (Wildman–Crippen LogP) is 1.03. The molecule has 0 aromatic carbocycles. The summed E-state index contributed by atoms with van der Waals surface area (Å²) < 4.78 is 9.49. The van der Waals surface area contributed by atoms with Gasteiger partial charge in [0.25, 0.3) is 0 Å². The number of esters is 2. The van der Waals surface area contributed by atoms with E-state index in [4.69, 9.17) is 9.47 Å². The lowest BCUT2D eigenvalue weighted by Crippen LogP contribution is -2.51. The summed E-state index contributed by atoms with van der Waals surface area (Å²) in [5, 5.41) is 5.44. The number of methoxy groups -OCH3 is 2. The Bertz CT molecular complexity index is 512. The Labute approximate surface area is 160 Å². The first kappa shape index (κ1) is 22.9. The Morgan fingerprint density at radius 1 is 0.741 bits per heavy atom. The number of amides is 2. The van der Waals surface area contributed by atoms with E-state index in [1.165, 1.54) is 14.2 Å². The van der Waals surface area contributed by atoms with Gasteiger partial charge in [-0.1, -0.05) is 34.1 Å². The first-order valence-corrected chi connectivity index (χ1v) is 9.40. The molecule has 8 nitrogen and oxygen atoms in total. The fourth-order valence-electron chi connectivity index (χ4n) is 3.36. The highest BCUT2D eigenvalue weighted by atomic mass is 16.5. The molecule has 2 N–H and O–H groups in total. The van der Waals surface area contributed by atoms with Crippen LogP contribution in [-0.4, -0.2) is 50.1 Å². The van der Waals surface area contributed by atoms with Crippen LogP contribution in [0.15, 0.2) is 0 Å². The number of rotatable bonds is 8. The standard InChI is InChI=1S/C19H32N2O6/c1-10(2)14(18(24)26-5)20-16(22)12-8-7-9-13(12)17(23)21-15(11(3)4)19(25)27-6/h10-15H,7-9H2,1-6H3,(H,20,22)(H,21,23)/t12-,13-,14+,15+/m1/s1. The van der Waals surface area contributed by atoms with Gasteiger partial charge in [-0.25, -0.2) is 9.59 Å². The lowest BCUT2D eigenvalue weighted by molar-refractivity contribution is -0.148. The third-order valence-electron chi connectivity index (χ3n) is 5.03. The van der Waals surface area contributed by atoms with Gasteiger partial charge in [0.2, 0.25) is 11.8 Å². The lowest BCUT2D eigenvalue weighted by Gasteiger charge is -2.26. The second kappa shape index (κ2) is 10.3. The molecule has 1 aliphatic carbocycles. The summed E-state index contributed by atoms with van der Waals surface area (Å²) in [6.45, 7) is 7.24. The molecule has 0 unspecified atom stereocenters. The van der Waals surface area contributed by atoms with Crippen LogP contribution in [0.3, 0.4) is 0 Å². The third kappa shape index (κ3) is 5.94. The van der Waals surface area contributed by atoms with Gasteiger partial charge in [0, 0.05) is 11.8 Å². The predicted molar refractivity (Wildman–Crippen MR) is 98.4 cm³/mol. The van der Waals surface area contributed by atoms with Crippen LogP contribution in [0.25, 0.3) is 0 Å². The van der Waals surface area contributed by atoms with Gasteiger partial charge in [-0.15, -0.1) is 0 Å². The molecule has 154 valence electrons. The highest BCUT2D eigenvalue weighted by molar-refractivity contribution is 5.92. The number of hydrogen-bond acceptors (Lipinski definition) is 6. The van der Waals surface area contributed by atoms with Crippen molar-refractivity contribution >= 4 is 23.8 Å². The molecule has 0 aliphatic heterocycles. The molecule has 0 bridgehead atoms. The summed E-state index contributed by atoms with van der Waals surface area (Å²) in [6, 6.07) is -1.52. The molecule has 1 fully saturated rings. The topological polar surface area (TPSA) is 111 Å². The monoisotopic (exact) mass is 384 g/mol. The molecule has 0 saturated heterocycles. The Balaban J connectivity index is 2.84. The second-order valence-corrected chi connectivity index (χ2v) is 7.65. The molecule has 0 radical (unpaired) electrons. The van der Waals surface area contributed by atoms with E-state index in [1.54, 1.807) is 0 Å². The molecule has 27 heavy (non-hydrogen) atoms. The summed E-state index contributed by atoms with van der Waals surface area (Å²) in [5.74, 6) is -3.06. The Morgan fingerprint density at radius 2 is 1.07 bits per heavy atom. The average Bonchev–Trinajstić information content (AvgIpc) is 3.11. The molecule has 0 aromatic heterocycles. The van der Waals surface area contributed by atoms with E-state index < -0.39 is 35.9 Å². The Hall–Kier alpha value is -2.12. The van der Waals surface area contributed by atoms with E-state index in [9.17, 15) is 19.2 Å². The van der Waals surface area contributed by atoms with Gasteiger partial charge in [0.05, 0.1) is 14.2 Å². The highest BCUT2D eigenvalue weighted by Gasteiger charge is 2.41. The molecule has 2 amide bonds. The van der Waals surface area contributed by atoms with E-state index in [0.717, 1.165) is 6.42 Å². The highest BCUT2D eigenvalue weighted by Crippen LogP contribution is 2.32. The van der Waals surface area contributed by atoms with Crippen molar-refractivity contribution in [3.8, 4) is 0 Å². The summed E-state index contributed by atoms with van der Waals surface area (Å²) >= 11 is 0. The van der Waals surface area contributed by atoms with Crippen molar-refractivity contribution in [2.45, 2.75) is 59.0 Å². The number of nitrogens with one attached hydrogen (secondary N) is 2. The van der Waals surface area contributed by atoms with Crippen LogP contribution in [0.1, 0.15) is 47.0 Å². The van der Waals surface area contributed by atoms with E-state index >= 15 is 0 Å². The average molecular weight is 384 g/mol. The molecule has 0 heterocycles. The molecule has 0 spiro atoms. The van der Waals surface area contributed by atoms with Crippen molar-refractivity contribution < 1.29 is 28.7 Å². The minimum absolute atomic E-state index is 0.139. The van der Waals surface area contributed by atoms with Gasteiger partial charge in [0.15, 0.2) is 0 Å². The van der Waals surface area contributed by atoms with E-state index in [-0.39, 0.29) is 23.7 Å². The largest absolute Gasteiger partial charge is 0.467 e. The van der Waals surface area contributed by atoms with Crippen molar-refractivity contribution in [2.75, 3.05) is 14.2 Å². The Kier molecular flexibility index (Phi) is 8.72. The normalized spacial score (nSPS) is 21.5. The third-order valence-corrected chi connectivity index (χ3v) is 5.03. The lowest BCUT2D eigenvalue weighted by atomic mass is 9.92. The quantitative estimate of drug-likeness (QED) is 0.605. The van der Waals surface area contributed by atoms with Crippen LogP contribution in [0.5, 0.6) is 0 Å². The van der Waals surface area contributed by atoms with Crippen molar-refractivity contribution in [1.82, 2.24) is 10.6 Å². The molecular weight excluding hydrogens is 352 g/mol. The van der Waals surface area contributed by atoms with Gasteiger partial charge >= 0.3 is 11.9 Å². The number of carbonyl (C=O) groups excluding carboxylic acids is 4. The van der Waals surface area contributed by atoms with E-state index in [1.807, 2.05) is 27.7 Å². The van der Waals surface area contributed by atoms with Crippen LogP contribution >= 0.6 is 0 Å². The maximum atomic E-state index is 12.7. The smallest absolute Gasteiger partial charge is 0.328 e. The first-order valence-electron chi connectivity index (χ1n) is 9.40. The van der Waals surface area contributed by atoms with Crippen LogP contribution in [-0.2, 0) is 28.7 Å². The van der Waals surface area contributed by atoms with Crippen LogP contribution in [0.4, 0.5) is 0 Å². The van der Waals surface area contributed by atoms with Gasteiger partial charge in [-0.3, -0.25) is 9.59 Å². The molecule has 0 aromatic rings. The zero-order valence-electron chi connectivity index (χ0n) is 17.0. The summed E-state index contributed by atoms with van der Waals surface area (Å²) in [6.07, 6.45) is 1.84. The molecule has 8 heteroatoms. The molecule has 1 rings (SSSR count). The second-order valence-electron chi connectivity index (χ2n) is 7.65. The minimum Gasteiger partial charge on any atom is -0.467 e. The van der Waals surface area contributed by atoms with Gasteiger partial charge < -0.3 is 20.1 Å².